The van der Waals surface area contributed by atoms with E-state index in [0.29, 0.717) is 0 Å². The minimum absolute atomic E-state index is 0.0244. The molecule has 0 aromatic heterocycles. The van der Waals surface area contributed by atoms with Gasteiger partial charge in [-0.15, -0.1) is 0 Å². The summed E-state index contributed by atoms with van der Waals surface area (Å²) in [6.45, 7) is -0.0244. The quantitative estimate of drug-likeness (QED) is 0.130. The molecular weight excluding hydrogens is 759 g/mol. The molecule has 0 radical (unpaired) electrons. The van der Waals surface area contributed by atoms with Crippen molar-refractivity contribution < 1.29 is 0 Å². The van der Waals surface area contributed by atoms with Gasteiger partial charge in [-0.1, -0.05) is 133 Å². The van der Waals surface area contributed by atoms with Gasteiger partial charge in [0.05, 0.1) is 0 Å². The highest BCUT2D eigenvalue weighted by atomic mass is 15.2. The van der Waals surface area contributed by atoms with E-state index in [1.807, 2.05) is 0 Å². The van der Waals surface area contributed by atoms with Crippen molar-refractivity contribution in [2.24, 2.45) is 0 Å². The van der Waals surface area contributed by atoms with Crippen LogP contribution in [0.4, 0.5) is 34.1 Å². The lowest BCUT2D eigenvalue weighted by Crippen LogP contribution is -2.61. The van der Waals surface area contributed by atoms with Gasteiger partial charge < -0.3 is 9.80 Å². The second-order valence-electron chi connectivity index (χ2n) is 17.4. The average molecular weight is 797 g/mol. The van der Waals surface area contributed by atoms with Crippen LogP contribution >= 0.6 is 0 Å². The van der Waals surface area contributed by atoms with E-state index in [9.17, 15) is 0 Å². The van der Waals surface area contributed by atoms with Gasteiger partial charge in [0.25, 0.3) is 6.71 Å². The molecule has 2 nitrogen and oxygen atoms in total. The molecule has 12 aromatic carbocycles. The standard InChI is InChI=1S/C60H37BN2/c1-3-19-52(20-4-1)62-56-34-49-29-42-17-11-9-15-40(42)27-47(49)32-54(56)61-55-33-48-28-41-16-10-12-18-43(41)30-50(48)35-57(55)63(53-21-5-2-6-22-53)59-37-51(36-58(62)60(59)61)45-24-23-44-25-38-13-7-8-14-39(38)26-46(44)31-45/h1-37H. The summed E-state index contributed by atoms with van der Waals surface area (Å²) in [7, 11) is 0. The van der Waals surface area contributed by atoms with Crippen molar-refractivity contribution >= 4 is 122 Å². The highest BCUT2D eigenvalue weighted by molar-refractivity contribution is 7.00. The Kier molecular flexibility index (Phi) is 7.23. The molecule has 0 saturated carbocycles. The highest BCUT2D eigenvalue weighted by Crippen LogP contribution is 2.47. The molecule has 2 aliphatic heterocycles. The number of fused-ring (bicyclic) bond motifs is 10. The Morgan fingerprint density at radius 3 is 1.02 bits per heavy atom. The van der Waals surface area contributed by atoms with Crippen molar-refractivity contribution in [2.75, 3.05) is 9.80 Å². The zero-order valence-corrected chi connectivity index (χ0v) is 34.3. The number of rotatable bonds is 3. The normalized spacial score (nSPS) is 13.0. The molecule has 0 spiro atoms. The van der Waals surface area contributed by atoms with Gasteiger partial charge in [-0.05, 0) is 183 Å². The van der Waals surface area contributed by atoms with Crippen LogP contribution in [0, 0.1) is 0 Å². The van der Waals surface area contributed by atoms with Crippen molar-refractivity contribution in [1.82, 2.24) is 0 Å². The molecule has 0 fully saturated rings. The molecule has 63 heavy (non-hydrogen) atoms. The summed E-state index contributed by atoms with van der Waals surface area (Å²) in [5.41, 5.74) is 13.5. The van der Waals surface area contributed by atoms with Gasteiger partial charge in [0, 0.05) is 34.1 Å². The van der Waals surface area contributed by atoms with Crippen molar-refractivity contribution in [3.05, 3.63) is 224 Å². The minimum Gasteiger partial charge on any atom is -0.311 e. The average Bonchev–Trinajstić information content (AvgIpc) is 3.33. The van der Waals surface area contributed by atoms with Crippen molar-refractivity contribution in [3.8, 4) is 11.1 Å². The van der Waals surface area contributed by atoms with Crippen LogP contribution in [-0.2, 0) is 0 Å². The number of benzene rings is 12. The first-order chi connectivity index (χ1) is 31.2. The maximum Gasteiger partial charge on any atom is 0.252 e. The van der Waals surface area contributed by atoms with Crippen LogP contribution in [0.3, 0.4) is 0 Å². The first kappa shape index (κ1) is 34.6. The number of hydrogen-bond donors (Lipinski definition) is 0. The van der Waals surface area contributed by atoms with E-state index in [4.69, 9.17) is 0 Å². The lowest BCUT2D eigenvalue weighted by Gasteiger charge is -2.44. The van der Waals surface area contributed by atoms with Gasteiger partial charge in [-0.25, -0.2) is 0 Å². The van der Waals surface area contributed by atoms with Crippen molar-refractivity contribution in [3.63, 3.8) is 0 Å². The van der Waals surface area contributed by atoms with Gasteiger partial charge in [0.1, 0.15) is 0 Å². The summed E-state index contributed by atoms with van der Waals surface area (Å²) in [4.78, 5) is 5.08. The second kappa shape index (κ2) is 13.2. The summed E-state index contributed by atoms with van der Waals surface area (Å²) in [5, 5.41) is 15.0. The Morgan fingerprint density at radius 2 is 0.587 bits per heavy atom. The van der Waals surface area contributed by atoms with Crippen molar-refractivity contribution in [2.45, 2.75) is 0 Å². The Balaban J connectivity index is 1.12. The first-order valence-electron chi connectivity index (χ1n) is 21.9. The van der Waals surface area contributed by atoms with E-state index in [1.54, 1.807) is 0 Å². The first-order valence-corrected chi connectivity index (χ1v) is 21.9. The molecule has 0 saturated heterocycles. The van der Waals surface area contributed by atoms with E-state index >= 15 is 0 Å². The number of anilines is 6. The molecule has 0 atom stereocenters. The van der Waals surface area contributed by atoms with E-state index in [-0.39, 0.29) is 6.71 Å². The van der Waals surface area contributed by atoms with Crippen LogP contribution in [0.15, 0.2) is 224 Å². The molecular formula is C60H37BN2. The second-order valence-corrected chi connectivity index (χ2v) is 17.4. The molecule has 290 valence electrons. The molecule has 0 unspecified atom stereocenters. The van der Waals surface area contributed by atoms with Crippen molar-refractivity contribution in [1.29, 1.82) is 0 Å². The molecule has 2 aliphatic rings. The number of nitrogens with zero attached hydrogens (tertiary/aromatic N) is 2. The predicted octanol–water partition coefficient (Wildman–Crippen LogP) is 14.4. The van der Waals surface area contributed by atoms with E-state index < -0.39 is 0 Å². The Hall–Kier alpha value is -8.14. The largest absolute Gasteiger partial charge is 0.311 e. The van der Waals surface area contributed by atoms with Crippen LogP contribution in [0.5, 0.6) is 0 Å². The van der Waals surface area contributed by atoms with Gasteiger partial charge in [-0.2, -0.15) is 0 Å². The van der Waals surface area contributed by atoms with Crippen LogP contribution < -0.4 is 26.2 Å². The monoisotopic (exact) mass is 796 g/mol. The van der Waals surface area contributed by atoms with Gasteiger partial charge in [0.15, 0.2) is 0 Å². The fourth-order valence-corrected chi connectivity index (χ4v) is 10.9. The molecule has 0 bridgehead atoms. The maximum atomic E-state index is 2.54. The molecule has 0 N–H and O–H groups in total. The summed E-state index contributed by atoms with van der Waals surface area (Å²) in [5.74, 6) is 0. The van der Waals surface area contributed by atoms with Crippen LogP contribution in [-0.4, -0.2) is 6.71 Å². The van der Waals surface area contributed by atoms with E-state index in [0.717, 1.165) is 11.4 Å². The maximum absolute atomic E-state index is 2.54. The van der Waals surface area contributed by atoms with Gasteiger partial charge >= 0.3 is 0 Å². The smallest absolute Gasteiger partial charge is 0.252 e. The van der Waals surface area contributed by atoms with Crippen LogP contribution in [0.2, 0.25) is 0 Å². The Bertz CT molecular complexity index is 3690. The Morgan fingerprint density at radius 1 is 0.238 bits per heavy atom. The molecule has 0 amide bonds. The van der Waals surface area contributed by atoms with Gasteiger partial charge in [-0.3, -0.25) is 0 Å². The molecule has 12 aromatic rings. The minimum atomic E-state index is -0.0244. The molecule has 3 heteroatoms. The third kappa shape index (κ3) is 5.27. The molecule has 2 heterocycles. The predicted molar refractivity (Wildman–Crippen MR) is 271 cm³/mol. The van der Waals surface area contributed by atoms with E-state index in [1.165, 1.54) is 115 Å². The third-order valence-corrected chi connectivity index (χ3v) is 13.8. The Labute approximate surface area is 365 Å². The zero-order chi connectivity index (χ0) is 41.2. The van der Waals surface area contributed by atoms with Crippen LogP contribution in [0.25, 0.3) is 75.8 Å². The van der Waals surface area contributed by atoms with Crippen LogP contribution in [0.1, 0.15) is 0 Å². The zero-order valence-electron chi connectivity index (χ0n) is 34.3. The summed E-state index contributed by atoms with van der Waals surface area (Å²) in [6.07, 6.45) is 0. The SMILES string of the molecule is c1ccc(N2c3cc4cc5ccccc5cc4cc3B3c4cc5cc6ccccc6cc5cc4N(c4ccccc4)c4cc(-c5ccc6cc7ccccc7cc6c5)cc2c43)cc1. The van der Waals surface area contributed by atoms with E-state index in [2.05, 4.69) is 234 Å². The number of hydrogen-bond acceptors (Lipinski definition) is 2. The number of para-hydroxylation sites is 2. The lowest BCUT2D eigenvalue weighted by atomic mass is 9.33. The molecule has 0 aliphatic carbocycles. The summed E-state index contributed by atoms with van der Waals surface area (Å²) in [6, 6.07) is 84.2. The third-order valence-electron chi connectivity index (χ3n) is 13.8. The lowest BCUT2D eigenvalue weighted by molar-refractivity contribution is 1.26. The van der Waals surface area contributed by atoms with Gasteiger partial charge in [0.2, 0.25) is 0 Å². The fraction of sp³-hybridized carbons (Fsp3) is 0. The summed E-state index contributed by atoms with van der Waals surface area (Å²) < 4.78 is 0. The topological polar surface area (TPSA) is 6.48 Å². The fourth-order valence-electron chi connectivity index (χ4n) is 10.9. The highest BCUT2D eigenvalue weighted by Gasteiger charge is 2.44. The molecule has 14 rings (SSSR count). The summed E-state index contributed by atoms with van der Waals surface area (Å²) >= 11 is 0.